The minimum atomic E-state index is -0.515. The molecule has 0 bridgehead atoms. The number of amides is 1. The zero-order valence-corrected chi connectivity index (χ0v) is 13.4. The van der Waals surface area contributed by atoms with Gasteiger partial charge in [0.05, 0.1) is 12.6 Å². The molecule has 116 valence electrons. The van der Waals surface area contributed by atoms with E-state index in [1.54, 1.807) is 11.1 Å². The Morgan fingerprint density at radius 3 is 2.86 bits per heavy atom. The Morgan fingerprint density at radius 1 is 1.52 bits per heavy atom. The fourth-order valence-corrected chi connectivity index (χ4v) is 2.32. The molecule has 21 heavy (non-hydrogen) atoms. The molecule has 0 saturated heterocycles. The van der Waals surface area contributed by atoms with Crippen LogP contribution >= 0.6 is 0 Å². The van der Waals surface area contributed by atoms with E-state index < -0.39 is 5.60 Å². The number of fused-ring (bicyclic) bond motifs is 1. The second-order valence-corrected chi connectivity index (χ2v) is 6.34. The molecule has 5 nitrogen and oxygen atoms in total. The van der Waals surface area contributed by atoms with E-state index in [1.807, 2.05) is 46.8 Å². The highest BCUT2D eigenvalue weighted by Gasteiger charge is 2.34. The van der Waals surface area contributed by atoms with E-state index in [1.165, 1.54) is 0 Å². The van der Waals surface area contributed by atoms with Crippen LogP contribution in [0, 0.1) is 0 Å². The molecular weight excluding hydrogens is 268 g/mol. The normalized spacial score (nSPS) is 22.0. The van der Waals surface area contributed by atoms with Gasteiger partial charge in [-0.25, -0.2) is 4.79 Å². The topological polar surface area (TPSA) is 51.7 Å². The van der Waals surface area contributed by atoms with Crippen LogP contribution < -0.4 is 4.74 Å². The molecule has 0 saturated carbocycles. The van der Waals surface area contributed by atoms with Gasteiger partial charge in [-0.05, 0) is 46.2 Å². The van der Waals surface area contributed by atoms with Gasteiger partial charge in [-0.3, -0.25) is 9.88 Å². The van der Waals surface area contributed by atoms with Crippen LogP contribution in [0.3, 0.4) is 0 Å². The predicted octanol–water partition coefficient (Wildman–Crippen LogP) is 3.55. The molecule has 1 aliphatic heterocycles. The molecule has 0 spiro atoms. The quantitative estimate of drug-likeness (QED) is 0.794. The SMILES string of the molecule is CC[C@@H]1CN(C(=O)OC(C)(C)C)[C@@H](C)c2ncccc2O1. The lowest BCUT2D eigenvalue weighted by Crippen LogP contribution is -2.42. The van der Waals surface area contributed by atoms with Crippen LogP contribution in [-0.2, 0) is 4.74 Å². The van der Waals surface area contributed by atoms with Crippen molar-refractivity contribution >= 4 is 6.09 Å². The molecule has 0 N–H and O–H groups in total. The molecule has 1 aliphatic rings. The van der Waals surface area contributed by atoms with E-state index in [0.29, 0.717) is 6.54 Å². The van der Waals surface area contributed by atoms with Crippen molar-refractivity contribution in [2.24, 2.45) is 0 Å². The Kier molecular flexibility index (Phi) is 4.40. The van der Waals surface area contributed by atoms with Crippen LogP contribution in [0.4, 0.5) is 4.79 Å². The van der Waals surface area contributed by atoms with Gasteiger partial charge in [0.1, 0.15) is 23.1 Å². The standard InChI is InChI=1S/C16H24N2O3/c1-6-12-10-18(15(19)21-16(3,4)5)11(2)14-13(20-12)8-7-9-17-14/h7-9,11-12H,6,10H2,1-5H3/t11-,12+/m0/s1. The Balaban J connectivity index is 2.31. The fourth-order valence-electron chi connectivity index (χ4n) is 2.32. The Labute approximate surface area is 126 Å². The van der Waals surface area contributed by atoms with E-state index in [-0.39, 0.29) is 18.2 Å². The highest BCUT2D eigenvalue weighted by atomic mass is 16.6. The van der Waals surface area contributed by atoms with Gasteiger partial charge in [-0.2, -0.15) is 0 Å². The van der Waals surface area contributed by atoms with E-state index in [2.05, 4.69) is 4.98 Å². The number of carbonyl (C=O) groups is 1. The molecule has 0 radical (unpaired) electrons. The second kappa shape index (κ2) is 5.92. The van der Waals surface area contributed by atoms with Crippen LogP contribution in [0.15, 0.2) is 18.3 Å². The van der Waals surface area contributed by atoms with Crippen LogP contribution in [0.1, 0.15) is 52.8 Å². The number of hydrogen-bond acceptors (Lipinski definition) is 4. The van der Waals surface area contributed by atoms with Crippen LogP contribution in [0.2, 0.25) is 0 Å². The minimum absolute atomic E-state index is 0.0505. The van der Waals surface area contributed by atoms with Crippen LogP contribution in [0.25, 0.3) is 0 Å². The summed E-state index contributed by atoms with van der Waals surface area (Å²) in [5, 5.41) is 0. The maximum Gasteiger partial charge on any atom is 0.410 e. The van der Waals surface area contributed by atoms with Gasteiger partial charge in [-0.1, -0.05) is 6.92 Å². The first kappa shape index (κ1) is 15.6. The van der Waals surface area contributed by atoms with Gasteiger partial charge in [-0.15, -0.1) is 0 Å². The van der Waals surface area contributed by atoms with Gasteiger partial charge in [0.15, 0.2) is 0 Å². The number of ether oxygens (including phenoxy) is 2. The van der Waals surface area contributed by atoms with E-state index in [4.69, 9.17) is 9.47 Å². The number of rotatable bonds is 1. The summed E-state index contributed by atoms with van der Waals surface area (Å²) < 4.78 is 11.5. The summed E-state index contributed by atoms with van der Waals surface area (Å²) in [7, 11) is 0. The summed E-state index contributed by atoms with van der Waals surface area (Å²) in [4.78, 5) is 18.6. The molecule has 2 heterocycles. The van der Waals surface area contributed by atoms with E-state index in [0.717, 1.165) is 17.9 Å². The van der Waals surface area contributed by atoms with Gasteiger partial charge >= 0.3 is 6.09 Å². The summed E-state index contributed by atoms with van der Waals surface area (Å²) in [5.41, 5.74) is 0.262. The van der Waals surface area contributed by atoms with Crippen LogP contribution in [0.5, 0.6) is 5.75 Å². The van der Waals surface area contributed by atoms with Gasteiger partial charge in [0.25, 0.3) is 0 Å². The molecule has 0 aromatic carbocycles. The number of aromatic nitrogens is 1. The van der Waals surface area contributed by atoms with Gasteiger partial charge < -0.3 is 9.47 Å². The summed E-state index contributed by atoms with van der Waals surface area (Å²) in [6, 6.07) is 3.58. The zero-order valence-electron chi connectivity index (χ0n) is 13.4. The smallest absolute Gasteiger partial charge is 0.410 e. The number of nitrogens with zero attached hydrogens (tertiary/aromatic N) is 2. The monoisotopic (exact) mass is 292 g/mol. The third kappa shape index (κ3) is 3.65. The summed E-state index contributed by atoms with van der Waals surface area (Å²) in [6.45, 7) is 10.1. The largest absolute Gasteiger partial charge is 0.487 e. The lowest BCUT2D eigenvalue weighted by Gasteiger charge is -2.31. The highest BCUT2D eigenvalue weighted by molar-refractivity contribution is 5.69. The first-order chi connectivity index (χ1) is 9.81. The predicted molar refractivity (Wildman–Crippen MR) is 80.3 cm³/mol. The van der Waals surface area contributed by atoms with Crippen molar-refractivity contribution in [1.29, 1.82) is 0 Å². The molecule has 5 heteroatoms. The van der Waals surface area contributed by atoms with Gasteiger partial charge in [0.2, 0.25) is 0 Å². The number of carbonyl (C=O) groups excluding carboxylic acids is 1. The first-order valence-electron chi connectivity index (χ1n) is 7.43. The summed E-state index contributed by atoms with van der Waals surface area (Å²) >= 11 is 0. The average molecular weight is 292 g/mol. The van der Waals surface area contributed by atoms with Crippen LogP contribution in [-0.4, -0.2) is 34.2 Å². The van der Waals surface area contributed by atoms with Gasteiger partial charge in [0, 0.05) is 6.20 Å². The third-order valence-corrected chi connectivity index (χ3v) is 3.44. The summed E-state index contributed by atoms with van der Waals surface area (Å²) in [6.07, 6.45) is 2.17. The van der Waals surface area contributed by atoms with E-state index >= 15 is 0 Å². The van der Waals surface area contributed by atoms with Crippen molar-refractivity contribution in [3.63, 3.8) is 0 Å². The molecule has 1 aromatic rings. The molecule has 0 unspecified atom stereocenters. The Bertz CT molecular complexity index is 510. The number of pyridine rings is 1. The highest BCUT2D eigenvalue weighted by Crippen LogP contribution is 2.32. The van der Waals surface area contributed by atoms with Crippen molar-refractivity contribution in [2.75, 3.05) is 6.54 Å². The third-order valence-electron chi connectivity index (χ3n) is 3.44. The lowest BCUT2D eigenvalue weighted by atomic mass is 10.1. The first-order valence-corrected chi connectivity index (χ1v) is 7.43. The second-order valence-electron chi connectivity index (χ2n) is 6.34. The maximum atomic E-state index is 12.5. The maximum absolute atomic E-state index is 12.5. The van der Waals surface area contributed by atoms with Crippen molar-refractivity contribution in [1.82, 2.24) is 9.88 Å². The molecule has 2 rings (SSSR count). The fraction of sp³-hybridized carbons (Fsp3) is 0.625. The van der Waals surface area contributed by atoms with E-state index in [9.17, 15) is 4.79 Å². The Hall–Kier alpha value is -1.78. The summed E-state index contributed by atoms with van der Waals surface area (Å²) in [5.74, 6) is 0.753. The van der Waals surface area contributed by atoms with Crippen molar-refractivity contribution < 1.29 is 14.3 Å². The molecule has 1 amide bonds. The molecule has 0 fully saturated rings. The Morgan fingerprint density at radius 2 is 2.24 bits per heavy atom. The molecule has 2 atom stereocenters. The minimum Gasteiger partial charge on any atom is -0.487 e. The van der Waals surface area contributed by atoms with Crippen molar-refractivity contribution in [3.05, 3.63) is 24.0 Å². The average Bonchev–Trinajstić information content (AvgIpc) is 2.54. The lowest BCUT2D eigenvalue weighted by molar-refractivity contribution is 0.0113. The molecule has 1 aromatic heterocycles. The van der Waals surface area contributed by atoms with Crippen molar-refractivity contribution in [3.8, 4) is 5.75 Å². The molecule has 0 aliphatic carbocycles. The zero-order chi connectivity index (χ0) is 15.6. The molecular formula is C16H24N2O3. The van der Waals surface area contributed by atoms with Crippen molar-refractivity contribution in [2.45, 2.75) is 58.8 Å². The number of hydrogen-bond donors (Lipinski definition) is 0.